The van der Waals surface area contributed by atoms with Gasteiger partial charge in [-0.3, -0.25) is 0 Å². The number of aromatic amines is 1. The minimum absolute atomic E-state index is 0.497. The number of aryl methyl sites for hydroxylation is 1. The van der Waals surface area contributed by atoms with Crippen LogP contribution in [0.2, 0.25) is 0 Å². The van der Waals surface area contributed by atoms with Crippen LogP contribution in [0.15, 0.2) is 48.8 Å². The number of hydrogen-bond acceptors (Lipinski definition) is 7. The Kier molecular flexibility index (Phi) is 5.12. The number of nitriles is 1. The second kappa shape index (κ2) is 8.02. The van der Waals surface area contributed by atoms with Crippen LogP contribution in [0.3, 0.4) is 0 Å². The smallest absolute Gasteiger partial charge is 0.223 e. The number of imidazole rings is 1. The molecule has 0 spiro atoms. The Morgan fingerprint density at radius 3 is 2.90 bits per heavy atom. The average molecular weight is 386 g/mol. The summed E-state index contributed by atoms with van der Waals surface area (Å²) in [6, 6.07) is 10.4. The van der Waals surface area contributed by atoms with E-state index < -0.39 is 0 Å². The molecule has 0 aliphatic carbocycles. The van der Waals surface area contributed by atoms with E-state index in [2.05, 4.69) is 48.5 Å². The first-order valence-corrected chi connectivity index (χ1v) is 9.54. The second-order valence-corrected chi connectivity index (χ2v) is 6.70. The van der Waals surface area contributed by atoms with Gasteiger partial charge in [-0.2, -0.15) is 5.26 Å². The summed E-state index contributed by atoms with van der Waals surface area (Å²) in [6.07, 6.45) is 5.98. The molecule has 2 aromatic heterocycles. The third kappa shape index (κ3) is 3.62. The highest BCUT2D eigenvalue weighted by atomic mass is 15.3. The highest BCUT2D eigenvalue weighted by molar-refractivity contribution is 5.91. The molecule has 0 amide bonds. The van der Waals surface area contributed by atoms with Crippen LogP contribution < -0.4 is 15.5 Å². The average Bonchev–Trinajstić information content (AvgIpc) is 3.38. The van der Waals surface area contributed by atoms with Gasteiger partial charge in [0.05, 0.1) is 23.4 Å². The standard InChI is InChI=1S/C21H22N8/c1-3-29-18-7-5-4-6-17(18)27-20(29)16(10-22)19-14(2)11-25-21(28-19)24-9-8-15-12-23-13-26-15/h4-7,11-13,27H,3,8-9H2,1-2H3,(H,23,26)(H,24,25,28)/b20-16+. The number of benzene rings is 1. The number of H-pyrrole nitrogens is 1. The Morgan fingerprint density at radius 1 is 1.28 bits per heavy atom. The van der Waals surface area contributed by atoms with Gasteiger partial charge in [-0.05, 0) is 31.5 Å². The molecule has 4 rings (SSSR count). The van der Waals surface area contributed by atoms with Crippen molar-refractivity contribution >= 4 is 22.9 Å². The lowest BCUT2D eigenvalue weighted by molar-refractivity contribution is 0.946. The van der Waals surface area contributed by atoms with Crippen LogP contribution >= 0.6 is 0 Å². The molecule has 1 aliphatic rings. The fourth-order valence-corrected chi connectivity index (χ4v) is 3.38. The zero-order valence-corrected chi connectivity index (χ0v) is 16.4. The first-order chi connectivity index (χ1) is 14.2. The van der Waals surface area contributed by atoms with Gasteiger partial charge in [0.2, 0.25) is 5.95 Å². The van der Waals surface area contributed by atoms with Crippen molar-refractivity contribution in [2.75, 3.05) is 28.6 Å². The molecule has 3 aromatic rings. The van der Waals surface area contributed by atoms with Gasteiger partial charge in [-0.25, -0.2) is 15.0 Å². The summed E-state index contributed by atoms with van der Waals surface area (Å²) >= 11 is 0. The molecule has 0 fully saturated rings. The van der Waals surface area contributed by atoms with E-state index in [0.29, 0.717) is 23.8 Å². The maximum absolute atomic E-state index is 9.98. The molecular formula is C21H22N8. The van der Waals surface area contributed by atoms with Crippen LogP contribution in [-0.2, 0) is 6.42 Å². The molecular weight excluding hydrogens is 364 g/mol. The van der Waals surface area contributed by atoms with Crippen LogP contribution in [0, 0.1) is 18.3 Å². The van der Waals surface area contributed by atoms with Crippen LogP contribution in [0.5, 0.6) is 0 Å². The number of allylic oxidation sites excluding steroid dienone is 1. The van der Waals surface area contributed by atoms with Gasteiger partial charge in [0.15, 0.2) is 0 Å². The van der Waals surface area contributed by atoms with Crippen molar-refractivity contribution in [1.29, 1.82) is 5.26 Å². The Hall–Kier alpha value is -3.86. The topological polar surface area (TPSA) is 106 Å². The molecule has 1 aliphatic heterocycles. The number of para-hydroxylation sites is 2. The third-order valence-electron chi connectivity index (χ3n) is 4.82. The van der Waals surface area contributed by atoms with E-state index in [0.717, 1.165) is 41.4 Å². The molecule has 0 saturated carbocycles. The van der Waals surface area contributed by atoms with Gasteiger partial charge in [-0.1, -0.05) is 12.1 Å². The number of nitrogens with zero attached hydrogens (tertiary/aromatic N) is 5. The van der Waals surface area contributed by atoms with Gasteiger partial charge >= 0.3 is 0 Å². The maximum Gasteiger partial charge on any atom is 0.223 e. The minimum Gasteiger partial charge on any atom is -0.354 e. The van der Waals surface area contributed by atoms with E-state index in [1.807, 2.05) is 31.2 Å². The highest BCUT2D eigenvalue weighted by Gasteiger charge is 2.27. The molecule has 0 atom stereocenters. The number of anilines is 3. The number of nitrogens with one attached hydrogen (secondary N) is 3. The van der Waals surface area contributed by atoms with E-state index in [9.17, 15) is 5.26 Å². The lowest BCUT2D eigenvalue weighted by atomic mass is 10.1. The minimum atomic E-state index is 0.497. The SMILES string of the molecule is CCN1/C(=C(\C#N)c2nc(NCCc3cnc[nH]3)ncc2C)Nc2ccccc21. The monoisotopic (exact) mass is 386 g/mol. The lowest BCUT2D eigenvalue weighted by Crippen LogP contribution is -2.22. The largest absolute Gasteiger partial charge is 0.354 e. The predicted molar refractivity (Wildman–Crippen MR) is 113 cm³/mol. The van der Waals surface area contributed by atoms with Crippen molar-refractivity contribution < 1.29 is 0 Å². The van der Waals surface area contributed by atoms with Crippen molar-refractivity contribution in [2.24, 2.45) is 0 Å². The van der Waals surface area contributed by atoms with Gasteiger partial charge in [0.25, 0.3) is 0 Å². The number of fused-ring (bicyclic) bond motifs is 1. The number of rotatable bonds is 6. The normalized spacial score (nSPS) is 14.2. The van der Waals surface area contributed by atoms with Gasteiger partial charge in [0, 0.05) is 37.6 Å². The Labute approximate surface area is 169 Å². The van der Waals surface area contributed by atoms with Gasteiger partial charge in [0.1, 0.15) is 17.5 Å². The van der Waals surface area contributed by atoms with Crippen LogP contribution in [0.25, 0.3) is 5.57 Å². The molecule has 29 heavy (non-hydrogen) atoms. The lowest BCUT2D eigenvalue weighted by Gasteiger charge is -2.19. The van der Waals surface area contributed by atoms with Crippen LogP contribution in [-0.4, -0.2) is 33.0 Å². The van der Waals surface area contributed by atoms with Crippen molar-refractivity contribution in [2.45, 2.75) is 20.3 Å². The van der Waals surface area contributed by atoms with Crippen molar-refractivity contribution in [3.8, 4) is 6.07 Å². The van der Waals surface area contributed by atoms with E-state index in [-0.39, 0.29) is 0 Å². The molecule has 146 valence electrons. The molecule has 3 heterocycles. The van der Waals surface area contributed by atoms with Gasteiger partial charge < -0.3 is 20.5 Å². The Morgan fingerprint density at radius 2 is 2.14 bits per heavy atom. The summed E-state index contributed by atoms with van der Waals surface area (Å²) in [4.78, 5) is 18.2. The molecule has 0 bridgehead atoms. The van der Waals surface area contributed by atoms with Crippen molar-refractivity contribution in [3.63, 3.8) is 0 Å². The first kappa shape index (κ1) is 18.5. The van der Waals surface area contributed by atoms with Crippen LogP contribution in [0.1, 0.15) is 23.9 Å². The third-order valence-corrected chi connectivity index (χ3v) is 4.82. The maximum atomic E-state index is 9.98. The van der Waals surface area contributed by atoms with Crippen LogP contribution in [0.4, 0.5) is 17.3 Å². The highest BCUT2D eigenvalue weighted by Crippen LogP contribution is 2.38. The molecule has 1 aromatic carbocycles. The zero-order chi connectivity index (χ0) is 20.2. The molecule has 0 radical (unpaired) electrons. The predicted octanol–water partition coefficient (Wildman–Crippen LogP) is 3.31. The van der Waals surface area contributed by atoms with E-state index in [1.54, 1.807) is 18.7 Å². The molecule has 0 saturated heterocycles. The van der Waals surface area contributed by atoms with Crippen molar-refractivity contribution in [1.82, 2.24) is 19.9 Å². The summed E-state index contributed by atoms with van der Waals surface area (Å²) in [6.45, 7) is 5.38. The van der Waals surface area contributed by atoms with E-state index in [4.69, 9.17) is 0 Å². The van der Waals surface area contributed by atoms with Gasteiger partial charge in [-0.15, -0.1) is 0 Å². The van der Waals surface area contributed by atoms with Crippen molar-refractivity contribution in [3.05, 3.63) is 65.8 Å². The molecule has 8 nitrogen and oxygen atoms in total. The number of hydrogen-bond donors (Lipinski definition) is 3. The Bertz CT molecular complexity index is 1080. The molecule has 8 heteroatoms. The second-order valence-electron chi connectivity index (χ2n) is 6.70. The summed E-state index contributed by atoms with van der Waals surface area (Å²) in [5.74, 6) is 1.25. The first-order valence-electron chi connectivity index (χ1n) is 9.54. The fourth-order valence-electron chi connectivity index (χ4n) is 3.38. The molecule has 0 unspecified atom stereocenters. The Balaban J connectivity index is 1.64. The zero-order valence-electron chi connectivity index (χ0n) is 16.4. The number of aromatic nitrogens is 4. The van der Waals surface area contributed by atoms with E-state index in [1.165, 1.54) is 0 Å². The summed E-state index contributed by atoms with van der Waals surface area (Å²) in [7, 11) is 0. The molecule has 3 N–H and O–H groups in total. The summed E-state index contributed by atoms with van der Waals surface area (Å²) < 4.78 is 0. The fraction of sp³-hybridized carbons (Fsp3) is 0.238. The summed E-state index contributed by atoms with van der Waals surface area (Å²) in [5.41, 5.74) is 5.06. The van der Waals surface area contributed by atoms with E-state index >= 15 is 0 Å². The summed E-state index contributed by atoms with van der Waals surface area (Å²) in [5, 5.41) is 16.6. The quantitative estimate of drug-likeness (QED) is 0.558.